The molecule has 2 N–H and O–H groups in total. The molecule has 1 aromatic rings. The number of ether oxygens (including phenoxy) is 2. The zero-order valence-electron chi connectivity index (χ0n) is 15.9. The molecule has 1 aliphatic heterocycles. The van der Waals surface area contributed by atoms with Gasteiger partial charge in [0.2, 0.25) is 0 Å². The van der Waals surface area contributed by atoms with Crippen molar-refractivity contribution in [2.24, 2.45) is 5.92 Å². The molecule has 7 heteroatoms. The minimum absolute atomic E-state index is 0. The third-order valence-electron chi connectivity index (χ3n) is 4.39. The first-order valence-electron chi connectivity index (χ1n) is 8.95. The van der Waals surface area contributed by atoms with Gasteiger partial charge < -0.3 is 20.1 Å². The van der Waals surface area contributed by atoms with Gasteiger partial charge in [-0.05, 0) is 50.8 Å². The van der Waals surface area contributed by atoms with Gasteiger partial charge >= 0.3 is 0 Å². The van der Waals surface area contributed by atoms with Gasteiger partial charge in [0.05, 0.1) is 18.7 Å². The number of hydrogen-bond acceptors (Lipinski definition) is 4. The average Bonchev–Trinajstić information content (AvgIpc) is 2.55. The third-order valence-corrected chi connectivity index (χ3v) is 4.67. The maximum absolute atomic E-state index is 12.6. The van der Waals surface area contributed by atoms with Crippen LogP contribution >= 0.6 is 24.0 Å². The van der Waals surface area contributed by atoms with E-state index in [1.54, 1.807) is 19.2 Å². The number of carbonyl (C=O) groups excluding carboxylic acids is 1. The van der Waals surface area contributed by atoms with Crippen LogP contribution in [0.1, 0.15) is 50.4 Å². The monoisotopic (exact) mass is 404 g/mol. The Morgan fingerprint density at radius 3 is 2.77 bits per heavy atom. The maximum atomic E-state index is 12.6. The number of piperidine rings is 1. The quantitative estimate of drug-likeness (QED) is 0.718. The summed E-state index contributed by atoms with van der Waals surface area (Å²) < 4.78 is 11.2. The summed E-state index contributed by atoms with van der Waals surface area (Å²) in [7, 11) is 1.55. The largest absolute Gasteiger partial charge is 0.493 e. The second kappa shape index (κ2) is 10.9. The van der Waals surface area contributed by atoms with E-state index in [0.29, 0.717) is 40.7 Å². The second-order valence-electron chi connectivity index (χ2n) is 7.07. The first-order valence-corrected chi connectivity index (χ1v) is 9.33. The molecule has 2 unspecified atom stereocenters. The summed E-state index contributed by atoms with van der Waals surface area (Å²) in [6, 6.07) is 3.93. The van der Waals surface area contributed by atoms with E-state index in [0.717, 1.165) is 25.8 Å². The van der Waals surface area contributed by atoms with Crippen molar-refractivity contribution in [1.29, 1.82) is 0 Å². The molecule has 2 rings (SSSR count). The van der Waals surface area contributed by atoms with Crippen LogP contribution in [0.3, 0.4) is 0 Å². The predicted octanol–water partition coefficient (Wildman–Crippen LogP) is 4.07. The van der Waals surface area contributed by atoms with Gasteiger partial charge in [0, 0.05) is 17.6 Å². The van der Waals surface area contributed by atoms with E-state index in [1.165, 1.54) is 0 Å². The third kappa shape index (κ3) is 6.53. The highest BCUT2D eigenvalue weighted by molar-refractivity contribution is 6.32. The fraction of sp³-hybridized carbons (Fsp3) is 0.632. The van der Waals surface area contributed by atoms with E-state index in [1.807, 2.05) is 0 Å². The van der Waals surface area contributed by atoms with Crippen molar-refractivity contribution >= 4 is 29.9 Å². The molecule has 26 heavy (non-hydrogen) atoms. The summed E-state index contributed by atoms with van der Waals surface area (Å²) in [5.41, 5.74) is 0.490. The molecular formula is C19H30Cl2N2O3. The first kappa shape index (κ1) is 22.9. The summed E-state index contributed by atoms with van der Waals surface area (Å²) >= 11 is 6.34. The number of carbonyl (C=O) groups is 1. The SMILES string of the molecule is COc1cc(C(=O)NC2CCNC(C)C2)cc(Cl)c1OCCC(C)C.Cl. The van der Waals surface area contributed by atoms with Crippen LogP contribution in [-0.2, 0) is 0 Å². The van der Waals surface area contributed by atoms with E-state index >= 15 is 0 Å². The lowest BCUT2D eigenvalue weighted by Gasteiger charge is -2.28. The number of nitrogens with one attached hydrogen (secondary N) is 2. The van der Waals surface area contributed by atoms with Crippen molar-refractivity contribution in [2.45, 2.75) is 52.1 Å². The Morgan fingerprint density at radius 2 is 2.15 bits per heavy atom. The molecule has 1 amide bonds. The number of benzene rings is 1. The van der Waals surface area contributed by atoms with E-state index in [4.69, 9.17) is 21.1 Å². The van der Waals surface area contributed by atoms with Gasteiger partial charge in [0.1, 0.15) is 0 Å². The smallest absolute Gasteiger partial charge is 0.251 e. The summed E-state index contributed by atoms with van der Waals surface area (Å²) in [5, 5.41) is 6.86. The van der Waals surface area contributed by atoms with Crippen LogP contribution < -0.4 is 20.1 Å². The summed E-state index contributed by atoms with van der Waals surface area (Å²) in [4.78, 5) is 12.6. The lowest BCUT2D eigenvalue weighted by atomic mass is 10.00. The van der Waals surface area contributed by atoms with Gasteiger partial charge in [-0.25, -0.2) is 0 Å². The Balaban J connectivity index is 0.00000338. The maximum Gasteiger partial charge on any atom is 0.251 e. The number of methoxy groups -OCH3 is 1. The molecular weight excluding hydrogens is 375 g/mol. The Bertz CT molecular complexity index is 596. The van der Waals surface area contributed by atoms with Crippen molar-refractivity contribution in [2.75, 3.05) is 20.3 Å². The zero-order valence-corrected chi connectivity index (χ0v) is 17.5. The average molecular weight is 405 g/mol. The number of amides is 1. The highest BCUT2D eigenvalue weighted by atomic mass is 35.5. The van der Waals surface area contributed by atoms with Gasteiger partial charge in [-0.3, -0.25) is 4.79 Å². The van der Waals surface area contributed by atoms with Crippen molar-refractivity contribution in [1.82, 2.24) is 10.6 Å². The lowest BCUT2D eigenvalue weighted by Crippen LogP contribution is -2.46. The minimum Gasteiger partial charge on any atom is -0.493 e. The molecule has 0 bridgehead atoms. The number of hydrogen-bond donors (Lipinski definition) is 2. The molecule has 5 nitrogen and oxygen atoms in total. The Kier molecular flexibility index (Phi) is 9.55. The van der Waals surface area contributed by atoms with E-state index < -0.39 is 0 Å². The molecule has 2 atom stereocenters. The van der Waals surface area contributed by atoms with Crippen LogP contribution in [0.2, 0.25) is 5.02 Å². The van der Waals surface area contributed by atoms with E-state index in [2.05, 4.69) is 31.4 Å². The van der Waals surface area contributed by atoms with Crippen molar-refractivity contribution < 1.29 is 14.3 Å². The van der Waals surface area contributed by atoms with Gasteiger partial charge in [-0.2, -0.15) is 0 Å². The van der Waals surface area contributed by atoms with Crippen LogP contribution in [-0.4, -0.2) is 38.3 Å². The molecule has 1 fully saturated rings. The van der Waals surface area contributed by atoms with Crippen LogP contribution in [0.25, 0.3) is 0 Å². The first-order chi connectivity index (χ1) is 11.9. The molecule has 0 saturated carbocycles. The van der Waals surface area contributed by atoms with Crippen LogP contribution in [0.15, 0.2) is 12.1 Å². The standard InChI is InChI=1S/C19H29ClN2O3.ClH/c1-12(2)6-8-25-18-16(20)10-14(11-17(18)24-4)19(23)22-15-5-7-21-13(3)9-15;/h10-13,15,21H,5-9H2,1-4H3,(H,22,23);1H. The molecule has 0 aliphatic carbocycles. The predicted molar refractivity (Wildman–Crippen MR) is 108 cm³/mol. The Morgan fingerprint density at radius 1 is 1.42 bits per heavy atom. The molecule has 1 saturated heterocycles. The molecule has 148 valence electrons. The van der Waals surface area contributed by atoms with Crippen molar-refractivity contribution in [3.05, 3.63) is 22.7 Å². The molecule has 0 spiro atoms. The minimum atomic E-state index is -0.131. The van der Waals surface area contributed by atoms with Crippen molar-refractivity contribution in [3.63, 3.8) is 0 Å². The molecule has 1 aliphatic rings. The van der Waals surface area contributed by atoms with Crippen molar-refractivity contribution in [3.8, 4) is 11.5 Å². The van der Waals surface area contributed by atoms with Crippen LogP contribution in [0.4, 0.5) is 0 Å². The van der Waals surface area contributed by atoms with E-state index in [-0.39, 0.29) is 24.4 Å². The topological polar surface area (TPSA) is 59.6 Å². The second-order valence-corrected chi connectivity index (χ2v) is 7.48. The Labute approximate surface area is 167 Å². The summed E-state index contributed by atoms with van der Waals surface area (Å²) in [5.74, 6) is 1.40. The normalized spacial score (nSPS) is 19.6. The molecule has 1 heterocycles. The zero-order chi connectivity index (χ0) is 18.4. The fourth-order valence-electron chi connectivity index (χ4n) is 2.92. The number of halogens is 2. The van der Waals surface area contributed by atoms with E-state index in [9.17, 15) is 4.79 Å². The van der Waals surface area contributed by atoms with Crippen LogP contribution in [0, 0.1) is 5.92 Å². The summed E-state index contributed by atoms with van der Waals surface area (Å²) in [6.07, 6.45) is 2.78. The highest BCUT2D eigenvalue weighted by Crippen LogP contribution is 2.36. The lowest BCUT2D eigenvalue weighted by molar-refractivity contribution is 0.0925. The van der Waals surface area contributed by atoms with Gasteiger partial charge in [-0.15, -0.1) is 12.4 Å². The molecule has 0 aromatic heterocycles. The Hall–Kier alpha value is -1.17. The van der Waals surface area contributed by atoms with Crippen LogP contribution in [0.5, 0.6) is 11.5 Å². The van der Waals surface area contributed by atoms with Gasteiger partial charge in [0.25, 0.3) is 5.91 Å². The fourth-order valence-corrected chi connectivity index (χ4v) is 3.18. The van der Waals surface area contributed by atoms with Gasteiger partial charge in [-0.1, -0.05) is 25.4 Å². The number of rotatable bonds is 7. The molecule has 1 aromatic carbocycles. The van der Waals surface area contributed by atoms with Gasteiger partial charge in [0.15, 0.2) is 11.5 Å². The summed E-state index contributed by atoms with van der Waals surface area (Å²) in [6.45, 7) is 7.88. The highest BCUT2D eigenvalue weighted by Gasteiger charge is 2.22. The molecule has 0 radical (unpaired) electrons.